The van der Waals surface area contributed by atoms with Crippen LogP contribution in [0.5, 0.6) is 5.75 Å². The fourth-order valence-electron chi connectivity index (χ4n) is 1.93. The molecule has 2 unspecified atom stereocenters. The van der Waals surface area contributed by atoms with Gasteiger partial charge in [0, 0.05) is 13.1 Å². The van der Waals surface area contributed by atoms with E-state index in [0.717, 1.165) is 16.9 Å². The standard InChI is InChI=1S/C16H21NO3S/c1-12-3-2-4-15(7-12)20-10-14(18)8-17-9-16(19)13-5-6-21-11-13/h2-7,11,14,16-19H,8-10H2,1H3. The summed E-state index contributed by atoms with van der Waals surface area (Å²) in [5.41, 5.74) is 2.03. The fraction of sp³-hybridized carbons (Fsp3) is 0.375. The third-order valence-corrected chi connectivity index (χ3v) is 3.78. The van der Waals surface area contributed by atoms with E-state index in [1.807, 2.05) is 48.0 Å². The Labute approximate surface area is 129 Å². The molecule has 5 heteroatoms. The average Bonchev–Trinajstić information content (AvgIpc) is 2.99. The number of nitrogens with one attached hydrogen (secondary N) is 1. The van der Waals surface area contributed by atoms with Gasteiger partial charge in [0.1, 0.15) is 18.5 Å². The number of aliphatic hydroxyl groups is 2. The molecular formula is C16H21NO3S. The minimum Gasteiger partial charge on any atom is -0.491 e. The van der Waals surface area contributed by atoms with Crippen molar-refractivity contribution in [3.63, 3.8) is 0 Å². The smallest absolute Gasteiger partial charge is 0.119 e. The summed E-state index contributed by atoms with van der Waals surface area (Å²) >= 11 is 1.56. The molecule has 1 aromatic carbocycles. The summed E-state index contributed by atoms with van der Waals surface area (Å²) in [6, 6.07) is 9.62. The number of aryl methyl sites for hydroxylation is 1. The zero-order valence-corrected chi connectivity index (χ0v) is 12.8. The number of benzene rings is 1. The van der Waals surface area contributed by atoms with Crippen LogP contribution in [0.3, 0.4) is 0 Å². The molecule has 0 aliphatic rings. The van der Waals surface area contributed by atoms with Crippen LogP contribution in [0.15, 0.2) is 41.1 Å². The highest BCUT2D eigenvalue weighted by molar-refractivity contribution is 7.07. The van der Waals surface area contributed by atoms with Crippen molar-refractivity contribution in [2.24, 2.45) is 0 Å². The highest BCUT2D eigenvalue weighted by atomic mass is 32.1. The van der Waals surface area contributed by atoms with Gasteiger partial charge in [0.15, 0.2) is 0 Å². The van der Waals surface area contributed by atoms with Gasteiger partial charge in [0.05, 0.1) is 6.10 Å². The minimum atomic E-state index is -0.611. The van der Waals surface area contributed by atoms with Crippen LogP contribution in [0.2, 0.25) is 0 Å². The van der Waals surface area contributed by atoms with Crippen molar-refractivity contribution in [2.75, 3.05) is 19.7 Å². The third-order valence-electron chi connectivity index (χ3n) is 3.08. The summed E-state index contributed by atoms with van der Waals surface area (Å²) in [6.07, 6.45) is -1.15. The van der Waals surface area contributed by atoms with E-state index in [1.165, 1.54) is 0 Å². The summed E-state index contributed by atoms with van der Waals surface area (Å²) in [7, 11) is 0. The third kappa shape index (κ3) is 5.47. The monoisotopic (exact) mass is 307 g/mol. The Balaban J connectivity index is 1.64. The summed E-state index contributed by atoms with van der Waals surface area (Å²) in [5, 5.41) is 26.6. The molecule has 0 saturated carbocycles. The number of thiophene rings is 1. The highest BCUT2D eigenvalue weighted by Gasteiger charge is 2.09. The lowest BCUT2D eigenvalue weighted by Gasteiger charge is -2.15. The van der Waals surface area contributed by atoms with Gasteiger partial charge in [-0.05, 0) is 47.0 Å². The molecule has 0 aliphatic carbocycles. The molecule has 1 aromatic heterocycles. The Bertz CT molecular complexity index is 530. The molecule has 0 fully saturated rings. The minimum absolute atomic E-state index is 0.227. The lowest BCUT2D eigenvalue weighted by atomic mass is 10.2. The summed E-state index contributed by atoms with van der Waals surface area (Å²) in [6.45, 7) is 3.02. The normalized spacial score (nSPS) is 13.9. The molecular weight excluding hydrogens is 286 g/mol. The van der Waals surface area contributed by atoms with E-state index in [4.69, 9.17) is 4.74 Å². The lowest BCUT2D eigenvalue weighted by molar-refractivity contribution is 0.0996. The Kier molecular flexibility index (Phi) is 6.20. The maximum absolute atomic E-state index is 9.89. The first-order chi connectivity index (χ1) is 10.1. The van der Waals surface area contributed by atoms with Crippen molar-refractivity contribution >= 4 is 11.3 Å². The maximum atomic E-state index is 9.89. The first-order valence-corrected chi connectivity index (χ1v) is 7.88. The molecule has 0 bridgehead atoms. The van der Waals surface area contributed by atoms with Gasteiger partial charge in [0.25, 0.3) is 0 Å². The van der Waals surface area contributed by atoms with E-state index in [0.29, 0.717) is 13.1 Å². The molecule has 2 atom stereocenters. The molecule has 0 aliphatic heterocycles. The van der Waals surface area contributed by atoms with E-state index < -0.39 is 12.2 Å². The second-order valence-corrected chi connectivity index (χ2v) is 5.79. The average molecular weight is 307 g/mol. The second kappa shape index (κ2) is 8.14. The molecule has 4 nitrogen and oxygen atoms in total. The van der Waals surface area contributed by atoms with Crippen molar-refractivity contribution in [2.45, 2.75) is 19.1 Å². The van der Waals surface area contributed by atoms with E-state index in [1.54, 1.807) is 11.3 Å². The summed E-state index contributed by atoms with van der Waals surface area (Å²) in [4.78, 5) is 0. The van der Waals surface area contributed by atoms with E-state index in [-0.39, 0.29) is 6.61 Å². The quantitative estimate of drug-likeness (QED) is 0.699. The van der Waals surface area contributed by atoms with Gasteiger partial charge in [-0.3, -0.25) is 0 Å². The van der Waals surface area contributed by atoms with Crippen LogP contribution in [0.25, 0.3) is 0 Å². The topological polar surface area (TPSA) is 61.7 Å². The summed E-state index contributed by atoms with van der Waals surface area (Å²) < 4.78 is 5.53. The second-order valence-electron chi connectivity index (χ2n) is 5.01. The molecule has 0 saturated heterocycles. The van der Waals surface area contributed by atoms with Gasteiger partial charge < -0.3 is 20.3 Å². The zero-order chi connectivity index (χ0) is 15.1. The zero-order valence-electron chi connectivity index (χ0n) is 12.0. The van der Waals surface area contributed by atoms with Crippen molar-refractivity contribution in [1.29, 1.82) is 0 Å². The predicted molar refractivity (Wildman–Crippen MR) is 84.8 cm³/mol. The molecule has 0 radical (unpaired) electrons. The van der Waals surface area contributed by atoms with Gasteiger partial charge in [-0.15, -0.1) is 0 Å². The van der Waals surface area contributed by atoms with Crippen LogP contribution in [0.1, 0.15) is 17.2 Å². The molecule has 2 rings (SSSR count). The van der Waals surface area contributed by atoms with Gasteiger partial charge in [-0.2, -0.15) is 11.3 Å². The summed E-state index contributed by atoms with van der Waals surface area (Å²) in [5.74, 6) is 0.757. The van der Waals surface area contributed by atoms with Crippen LogP contribution in [0, 0.1) is 6.92 Å². The lowest BCUT2D eigenvalue weighted by Crippen LogP contribution is -2.33. The highest BCUT2D eigenvalue weighted by Crippen LogP contribution is 2.15. The molecule has 0 amide bonds. The first kappa shape index (κ1) is 16.0. The van der Waals surface area contributed by atoms with Crippen LogP contribution < -0.4 is 10.1 Å². The Morgan fingerprint density at radius 2 is 2.10 bits per heavy atom. The Morgan fingerprint density at radius 1 is 1.24 bits per heavy atom. The van der Waals surface area contributed by atoms with Crippen molar-refractivity contribution in [1.82, 2.24) is 5.32 Å². The van der Waals surface area contributed by atoms with E-state index in [2.05, 4.69) is 5.32 Å². The van der Waals surface area contributed by atoms with Crippen LogP contribution in [0.4, 0.5) is 0 Å². The van der Waals surface area contributed by atoms with Crippen LogP contribution in [-0.4, -0.2) is 36.0 Å². The molecule has 0 spiro atoms. The van der Waals surface area contributed by atoms with Gasteiger partial charge in [-0.25, -0.2) is 0 Å². The van der Waals surface area contributed by atoms with E-state index >= 15 is 0 Å². The maximum Gasteiger partial charge on any atom is 0.119 e. The number of hydrogen-bond donors (Lipinski definition) is 3. The van der Waals surface area contributed by atoms with Gasteiger partial charge >= 0.3 is 0 Å². The molecule has 114 valence electrons. The van der Waals surface area contributed by atoms with Gasteiger partial charge in [0.2, 0.25) is 0 Å². The molecule has 2 aromatic rings. The van der Waals surface area contributed by atoms with Crippen molar-refractivity contribution < 1.29 is 14.9 Å². The largest absolute Gasteiger partial charge is 0.491 e. The molecule has 21 heavy (non-hydrogen) atoms. The molecule has 1 heterocycles. The fourth-order valence-corrected chi connectivity index (χ4v) is 2.63. The van der Waals surface area contributed by atoms with Gasteiger partial charge in [-0.1, -0.05) is 12.1 Å². The Hall–Kier alpha value is -1.40. The van der Waals surface area contributed by atoms with E-state index in [9.17, 15) is 10.2 Å². The number of hydrogen-bond acceptors (Lipinski definition) is 5. The van der Waals surface area contributed by atoms with Crippen molar-refractivity contribution in [3.8, 4) is 5.75 Å². The molecule has 3 N–H and O–H groups in total. The number of ether oxygens (including phenoxy) is 1. The Morgan fingerprint density at radius 3 is 2.81 bits per heavy atom. The van der Waals surface area contributed by atoms with Crippen molar-refractivity contribution in [3.05, 3.63) is 52.2 Å². The SMILES string of the molecule is Cc1cccc(OCC(O)CNCC(O)c2ccsc2)c1. The number of aliphatic hydroxyl groups excluding tert-OH is 2. The van der Waals surface area contributed by atoms with Crippen LogP contribution >= 0.6 is 11.3 Å². The number of rotatable bonds is 8. The predicted octanol–water partition coefficient (Wildman–Crippen LogP) is 2.12. The van der Waals surface area contributed by atoms with Crippen LogP contribution in [-0.2, 0) is 0 Å². The first-order valence-electron chi connectivity index (χ1n) is 6.93.